The van der Waals surface area contributed by atoms with Crippen molar-refractivity contribution in [2.45, 2.75) is 70.1 Å². The average molecular weight is 765 g/mol. The largest absolute Gasteiger partial charge is 0.484 e. The van der Waals surface area contributed by atoms with Crippen molar-refractivity contribution in [3.05, 3.63) is 131 Å². The summed E-state index contributed by atoms with van der Waals surface area (Å²) < 4.78 is 5.89. The van der Waals surface area contributed by atoms with Gasteiger partial charge in [0, 0.05) is 37.0 Å². The number of carbonyl (C=O) groups is 5. The number of hydrogen-bond donors (Lipinski definition) is 3. The van der Waals surface area contributed by atoms with Gasteiger partial charge in [-0.25, -0.2) is 4.79 Å². The van der Waals surface area contributed by atoms with E-state index in [2.05, 4.69) is 10.6 Å². The maximum absolute atomic E-state index is 14.6. The van der Waals surface area contributed by atoms with Crippen LogP contribution in [0.25, 0.3) is 0 Å². The molecule has 4 amide bonds. The number of aliphatic carboxylic acids is 1. The number of nitrogens with one attached hydrogen (secondary N) is 2. The number of benzene rings is 4. The van der Waals surface area contributed by atoms with E-state index in [1.807, 2.05) is 48.5 Å². The van der Waals surface area contributed by atoms with Crippen LogP contribution in [0.2, 0.25) is 5.02 Å². The normalized spacial score (nSPS) is 18.1. The highest BCUT2D eigenvalue weighted by atomic mass is 35.5. The Hall–Kier alpha value is -5.68. The standard InChI is InChI=1S/C43H45ClN4O7/c1-29(49)45-25-24-43(22-8-9-23-43)42(54)46-36(41(52)53)26-31-14-20-34(21-15-31)47-39(32-16-18-33(44)19-17-32)48(38(50)28-55-35-12-6-3-7-13-35)37(40(47)51)27-30-10-4-2-5-11-30/h2-7,10-21,36-37,39H,8-9,22-28H2,1H3,(H,45,49)(H,46,54)(H,52,53)/t36?,37-,39?/m1/s1. The highest BCUT2D eigenvalue weighted by Crippen LogP contribution is 2.42. The quantitative estimate of drug-likeness (QED) is 0.133. The fourth-order valence-corrected chi connectivity index (χ4v) is 7.76. The number of ether oxygens (including phenoxy) is 1. The van der Waals surface area contributed by atoms with E-state index in [9.17, 15) is 29.1 Å². The zero-order chi connectivity index (χ0) is 39.0. The summed E-state index contributed by atoms with van der Waals surface area (Å²) in [6.07, 6.45) is 2.83. The Balaban J connectivity index is 1.27. The second-order valence-electron chi connectivity index (χ2n) is 14.2. The molecule has 1 saturated heterocycles. The number of carbonyl (C=O) groups excluding carboxylic acids is 4. The van der Waals surface area contributed by atoms with E-state index in [0.717, 1.165) is 18.4 Å². The molecule has 3 atom stereocenters. The van der Waals surface area contributed by atoms with Gasteiger partial charge in [0.1, 0.15) is 24.0 Å². The summed E-state index contributed by atoms with van der Waals surface area (Å²) >= 11 is 6.28. The molecule has 6 rings (SSSR count). The third-order valence-electron chi connectivity index (χ3n) is 10.5. The lowest BCUT2D eigenvalue weighted by Crippen LogP contribution is -2.49. The highest BCUT2D eigenvalue weighted by Gasteiger charge is 2.50. The van der Waals surface area contributed by atoms with Gasteiger partial charge in [0.15, 0.2) is 6.61 Å². The van der Waals surface area contributed by atoms with Gasteiger partial charge in [-0.2, -0.15) is 0 Å². The molecular weight excluding hydrogens is 720 g/mol. The van der Waals surface area contributed by atoms with Gasteiger partial charge in [-0.3, -0.25) is 24.1 Å². The molecule has 55 heavy (non-hydrogen) atoms. The first-order valence-electron chi connectivity index (χ1n) is 18.5. The van der Waals surface area contributed by atoms with Gasteiger partial charge in [-0.1, -0.05) is 97.2 Å². The second kappa shape index (κ2) is 17.6. The van der Waals surface area contributed by atoms with Crippen molar-refractivity contribution in [1.82, 2.24) is 15.5 Å². The number of carboxylic acid groups (broad SMARTS) is 1. The van der Waals surface area contributed by atoms with Crippen LogP contribution in [0.3, 0.4) is 0 Å². The second-order valence-corrected chi connectivity index (χ2v) is 14.6. The number of nitrogens with zero attached hydrogens (tertiary/aromatic N) is 2. The van der Waals surface area contributed by atoms with E-state index < -0.39 is 29.6 Å². The van der Waals surface area contributed by atoms with Crippen LogP contribution >= 0.6 is 11.6 Å². The Morgan fingerprint density at radius 1 is 0.873 bits per heavy atom. The summed E-state index contributed by atoms with van der Waals surface area (Å²) in [6.45, 7) is 1.46. The summed E-state index contributed by atoms with van der Waals surface area (Å²) in [5, 5.41) is 16.2. The summed E-state index contributed by atoms with van der Waals surface area (Å²) in [4.78, 5) is 69.5. The monoisotopic (exact) mass is 764 g/mol. The summed E-state index contributed by atoms with van der Waals surface area (Å²) in [5.41, 5.74) is 1.95. The number of rotatable bonds is 15. The van der Waals surface area contributed by atoms with Crippen LogP contribution in [-0.4, -0.2) is 64.8 Å². The van der Waals surface area contributed by atoms with E-state index >= 15 is 0 Å². The molecule has 4 aromatic carbocycles. The Morgan fingerprint density at radius 2 is 1.51 bits per heavy atom. The lowest BCUT2D eigenvalue weighted by atomic mass is 9.81. The Kier molecular flexibility index (Phi) is 12.5. The topological polar surface area (TPSA) is 145 Å². The molecule has 4 aromatic rings. The molecule has 0 bridgehead atoms. The number of hydrogen-bond acceptors (Lipinski definition) is 6. The lowest BCUT2D eigenvalue weighted by molar-refractivity contribution is -0.144. The Morgan fingerprint density at radius 3 is 2.13 bits per heavy atom. The van der Waals surface area contributed by atoms with Gasteiger partial charge in [0.05, 0.1) is 5.41 Å². The van der Waals surface area contributed by atoms with E-state index in [1.54, 1.807) is 70.5 Å². The SMILES string of the molecule is CC(=O)NCCC1(C(=O)NC(Cc2ccc(N3C(=O)[C@@H](Cc4ccccc4)N(C(=O)COc4ccccc4)C3c3ccc(Cl)cc3)cc2)C(=O)O)CCCC1. The van der Waals surface area contributed by atoms with Crippen molar-refractivity contribution in [2.75, 3.05) is 18.1 Å². The van der Waals surface area contributed by atoms with Gasteiger partial charge >= 0.3 is 5.97 Å². The van der Waals surface area contributed by atoms with E-state index in [1.165, 1.54) is 6.92 Å². The Bertz CT molecular complexity index is 1970. The molecule has 12 heteroatoms. The molecule has 0 spiro atoms. The van der Waals surface area contributed by atoms with Gasteiger partial charge in [0.25, 0.3) is 11.8 Å². The third-order valence-corrected chi connectivity index (χ3v) is 10.7. The van der Waals surface area contributed by atoms with Gasteiger partial charge in [0.2, 0.25) is 11.8 Å². The molecule has 2 aliphatic rings. The van der Waals surface area contributed by atoms with Gasteiger partial charge in [-0.15, -0.1) is 0 Å². The van der Waals surface area contributed by atoms with Crippen LogP contribution < -0.4 is 20.3 Å². The van der Waals surface area contributed by atoms with Crippen LogP contribution in [-0.2, 0) is 36.8 Å². The van der Waals surface area contributed by atoms with Crippen LogP contribution in [0.15, 0.2) is 109 Å². The fraction of sp³-hybridized carbons (Fsp3) is 0.326. The van der Waals surface area contributed by atoms with Gasteiger partial charge < -0.3 is 25.4 Å². The Labute approximate surface area is 325 Å². The molecule has 1 heterocycles. The van der Waals surface area contributed by atoms with Crippen molar-refractivity contribution >= 4 is 46.9 Å². The van der Waals surface area contributed by atoms with Crippen LogP contribution in [0.4, 0.5) is 5.69 Å². The van der Waals surface area contributed by atoms with Crippen LogP contribution in [0.1, 0.15) is 61.9 Å². The van der Waals surface area contributed by atoms with Crippen molar-refractivity contribution in [2.24, 2.45) is 5.41 Å². The molecule has 3 N–H and O–H groups in total. The van der Waals surface area contributed by atoms with Crippen LogP contribution in [0.5, 0.6) is 5.75 Å². The molecule has 1 aliphatic carbocycles. The smallest absolute Gasteiger partial charge is 0.326 e. The third kappa shape index (κ3) is 9.35. The van der Waals surface area contributed by atoms with Gasteiger partial charge in [-0.05, 0) is 72.4 Å². The van der Waals surface area contributed by atoms with E-state index in [4.69, 9.17) is 16.3 Å². The average Bonchev–Trinajstić information content (AvgIpc) is 3.78. The number of para-hydroxylation sites is 1. The van der Waals surface area contributed by atoms with E-state index in [0.29, 0.717) is 53.4 Å². The minimum absolute atomic E-state index is 0.00968. The minimum atomic E-state index is -1.19. The zero-order valence-electron chi connectivity index (χ0n) is 30.7. The molecule has 2 unspecified atom stereocenters. The first kappa shape index (κ1) is 39.0. The molecule has 1 aliphatic heterocycles. The predicted octanol–water partition coefficient (Wildman–Crippen LogP) is 6.10. The van der Waals surface area contributed by atoms with Crippen molar-refractivity contribution in [3.63, 3.8) is 0 Å². The molecule has 11 nitrogen and oxygen atoms in total. The minimum Gasteiger partial charge on any atom is -0.484 e. The predicted molar refractivity (Wildman–Crippen MR) is 208 cm³/mol. The molecule has 286 valence electrons. The highest BCUT2D eigenvalue weighted by molar-refractivity contribution is 6.30. The van der Waals surface area contributed by atoms with Crippen molar-refractivity contribution in [1.29, 1.82) is 0 Å². The number of carboxylic acids is 1. The summed E-state index contributed by atoms with van der Waals surface area (Å²) in [6, 6.07) is 30.4. The maximum atomic E-state index is 14.6. The molecule has 2 fully saturated rings. The van der Waals surface area contributed by atoms with Crippen molar-refractivity contribution in [3.8, 4) is 5.75 Å². The number of amides is 4. The first-order valence-corrected chi connectivity index (χ1v) is 18.9. The molecule has 0 aromatic heterocycles. The number of anilines is 1. The zero-order valence-corrected chi connectivity index (χ0v) is 31.4. The van der Waals surface area contributed by atoms with Crippen molar-refractivity contribution < 1.29 is 33.8 Å². The molecule has 1 saturated carbocycles. The molecule has 0 radical (unpaired) electrons. The molecular formula is C43H45ClN4O7. The van der Waals surface area contributed by atoms with Crippen LogP contribution in [0, 0.1) is 5.41 Å². The first-order chi connectivity index (χ1) is 26.5. The maximum Gasteiger partial charge on any atom is 0.326 e. The van der Waals surface area contributed by atoms with E-state index in [-0.39, 0.29) is 43.1 Å². The lowest BCUT2D eigenvalue weighted by Gasteiger charge is -2.32. The summed E-state index contributed by atoms with van der Waals surface area (Å²) in [5.74, 6) is -1.82. The fourth-order valence-electron chi connectivity index (χ4n) is 7.64. The summed E-state index contributed by atoms with van der Waals surface area (Å²) in [7, 11) is 0. The number of halogens is 1.